The zero-order valence-electron chi connectivity index (χ0n) is 15.7. The molecule has 4 aliphatic carbocycles. The van der Waals surface area contributed by atoms with Crippen molar-refractivity contribution in [3.05, 3.63) is 0 Å². The van der Waals surface area contributed by atoms with Gasteiger partial charge in [0.2, 0.25) is 0 Å². The Bertz CT molecular complexity index is 590. The van der Waals surface area contributed by atoms with Gasteiger partial charge < -0.3 is 4.74 Å². The van der Waals surface area contributed by atoms with Crippen molar-refractivity contribution in [1.82, 2.24) is 0 Å². The van der Waals surface area contributed by atoms with E-state index in [0.29, 0.717) is 23.0 Å². The summed E-state index contributed by atoms with van der Waals surface area (Å²) in [5.74, 6) is 3.02. The van der Waals surface area contributed by atoms with Gasteiger partial charge in [-0.05, 0) is 74.0 Å². The van der Waals surface area contributed by atoms with Crippen LogP contribution in [-0.4, -0.2) is 22.7 Å². The topological polar surface area (TPSA) is 43.4 Å². The number of halogens is 1. The van der Waals surface area contributed by atoms with Crippen LogP contribution in [0.3, 0.4) is 0 Å². The summed E-state index contributed by atoms with van der Waals surface area (Å²) in [4.78, 5) is 23.8. The third kappa shape index (κ3) is 2.64. The van der Waals surface area contributed by atoms with E-state index in [0.717, 1.165) is 31.1 Å². The molecule has 0 radical (unpaired) electrons. The van der Waals surface area contributed by atoms with Crippen LogP contribution in [0.25, 0.3) is 0 Å². The van der Waals surface area contributed by atoms with Gasteiger partial charge in [0, 0.05) is 18.8 Å². The van der Waals surface area contributed by atoms with Crippen LogP contribution in [0.15, 0.2) is 0 Å². The van der Waals surface area contributed by atoms with Gasteiger partial charge >= 0.3 is 5.97 Å². The van der Waals surface area contributed by atoms with Gasteiger partial charge in [-0.2, -0.15) is 0 Å². The third-order valence-corrected chi connectivity index (χ3v) is 9.54. The number of hydrogen-bond donors (Lipinski definition) is 0. The van der Waals surface area contributed by atoms with Gasteiger partial charge in [0.05, 0.1) is 4.83 Å². The number of ketones is 1. The van der Waals surface area contributed by atoms with E-state index in [4.69, 9.17) is 4.74 Å². The quantitative estimate of drug-likeness (QED) is 0.455. The summed E-state index contributed by atoms with van der Waals surface area (Å²) in [6.45, 7) is 6.39. The van der Waals surface area contributed by atoms with E-state index >= 15 is 0 Å². The van der Waals surface area contributed by atoms with Gasteiger partial charge in [-0.15, -0.1) is 0 Å². The molecule has 0 heterocycles. The molecule has 25 heavy (non-hydrogen) atoms. The monoisotopic (exact) mass is 410 g/mol. The number of carbonyl (C=O) groups is 2. The zero-order valence-corrected chi connectivity index (χ0v) is 17.3. The average molecular weight is 411 g/mol. The number of rotatable bonds is 1. The molecule has 0 aromatic rings. The Morgan fingerprint density at radius 1 is 1.08 bits per heavy atom. The largest absolute Gasteiger partial charge is 0.462 e. The smallest absolute Gasteiger partial charge is 0.302 e. The van der Waals surface area contributed by atoms with Crippen molar-refractivity contribution in [2.45, 2.75) is 83.1 Å². The fraction of sp³-hybridized carbons (Fsp3) is 0.905. The Balaban J connectivity index is 1.59. The fourth-order valence-corrected chi connectivity index (χ4v) is 8.29. The molecule has 140 valence electrons. The van der Waals surface area contributed by atoms with Crippen LogP contribution < -0.4 is 0 Å². The van der Waals surface area contributed by atoms with Crippen LogP contribution in [0.1, 0.15) is 72.1 Å². The summed E-state index contributed by atoms with van der Waals surface area (Å²) in [6.07, 6.45) is 8.99. The predicted molar refractivity (Wildman–Crippen MR) is 100 cm³/mol. The molecule has 4 fully saturated rings. The highest BCUT2D eigenvalue weighted by atomic mass is 79.9. The lowest BCUT2D eigenvalue weighted by molar-refractivity contribution is -0.161. The lowest BCUT2D eigenvalue weighted by Crippen LogP contribution is -2.55. The second kappa shape index (κ2) is 6.07. The molecule has 0 saturated heterocycles. The van der Waals surface area contributed by atoms with Crippen molar-refractivity contribution in [3.8, 4) is 0 Å². The number of ether oxygens (including phenoxy) is 1. The molecule has 8 atom stereocenters. The van der Waals surface area contributed by atoms with Crippen molar-refractivity contribution in [2.75, 3.05) is 0 Å². The first-order valence-electron chi connectivity index (χ1n) is 10.1. The van der Waals surface area contributed by atoms with Crippen molar-refractivity contribution < 1.29 is 14.3 Å². The van der Waals surface area contributed by atoms with Crippen LogP contribution >= 0.6 is 15.9 Å². The molecule has 0 bridgehead atoms. The van der Waals surface area contributed by atoms with E-state index in [1.165, 1.54) is 32.1 Å². The Hall–Kier alpha value is -0.380. The highest BCUT2D eigenvalue weighted by Crippen LogP contribution is 2.66. The minimum absolute atomic E-state index is 0.0539. The molecule has 0 aliphatic heterocycles. The minimum Gasteiger partial charge on any atom is -0.462 e. The first-order valence-corrected chi connectivity index (χ1v) is 11.0. The van der Waals surface area contributed by atoms with E-state index in [1.54, 1.807) is 6.92 Å². The number of esters is 1. The van der Waals surface area contributed by atoms with E-state index in [1.807, 2.05) is 0 Å². The normalized spacial score (nSPS) is 52.1. The van der Waals surface area contributed by atoms with E-state index in [2.05, 4.69) is 29.8 Å². The Labute approximate surface area is 159 Å². The second-order valence-electron chi connectivity index (χ2n) is 9.72. The number of hydrogen-bond acceptors (Lipinski definition) is 3. The molecule has 0 unspecified atom stereocenters. The molecular formula is C21H31BrO3. The molecule has 0 aromatic carbocycles. The molecule has 0 N–H and O–H groups in total. The Kier molecular flexibility index (Phi) is 4.37. The standard InChI is InChI=1S/C21H31BrO3/c1-12(23)25-19-7-6-15-14-5-4-13-10-18(24)17(22)11-21(13,3)16(14)8-9-20(15,19)2/h13-17,19H,4-11H2,1-3H3/t13-,14-,15+,16+,17-,19+,20-,21-/m0/s1. The lowest BCUT2D eigenvalue weighted by Gasteiger charge is -2.60. The van der Waals surface area contributed by atoms with Gasteiger partial charge in [0.15, 0.2) is 0 Å². The molecule has 4 saturated carbocycles. The van der Waals surface area contributed by atoms with Crippen LogP contribution in [0.5, 0.6) is 0 Å². The van der Waals surface area contributed by atoms with Gasteiger partial charge in [0.1, 0.15) is 11.9 Å². The van der Waals surface area contributed by atoms with Crippen LogP contribution in [-0.2, 0) is 14.3 Å². The number of Topliss-reactive ketones (excluding diaryl/α,β-unsaturated/α-hetero) is 1. The molecule has 4 aliphatic rings. The van der Waals surface area contributed by atoms with Gasteiger partial charge in [-0.25, -0.2) is 0 Å². The fourth-order valence-electron chi connectivity index (χ4n) is 7.40. The number of alkyl halides is 1. The lowest BCUT2D eigenvalue weighted by atomic mass is 9.45. The third-order valence-electron chi connectivity index (χ3n) is 8.70. The minimum atomic E-state index is -0.127. The molecule has 0 amide bonds. The number of carbonyl (C=O) groups excluding carboxylic acids is 2. The SMILES string of the molecule is CC(=O)O[C@@H]1CC[C@@H]2[C@@H]3CC[C@H]4CC(=O)[C@@H](Br)C[C@]4(C)[C@@H]3CC[C@@]21C. The van der Waals surface area contributed by atoms with E-state index in [9.17, 15) is 9.59 Å². The molecule has 4 heteroatoms. The maximum absolute atomic E-state index is 12.2. The second-order valence-corrected chi connectivity index (χ2v) is 10.8. The summed E-state index contributed by atoms with van der Waals surface area (Å²) in [6, 6.07) is 0. The Morgan fingerprint density at radius 2 is 1.80 bits per heavy atom. The summed E-state index contributed by atoms with van der Waals surface area (Å²) in [7, 11) is 0. The summed E-state index contributed by atoms with van der Waals surface area (Å²) >= 11 is 3.66. The molecule has 3 nitrogen and oxygen atoms in total. The van der Waals surface area contributed by atoms with Crippen molar-refractivity contribution in [1.29, 1.82) is 0 Å². The highest BCUT2D eigenvalue weighted by molar-refractivity contribution is 9.10. The van der Waals surface area contributed by atoms with Crippen molar-refractivity contribution in [3.63, 3.8) is 0 Å². The summed E-state index contributed by atoms with van der Waals surface area (Å²) in [5.41, 5.74) is 0.458. The summed E-state index contributed by atoms with van der Waals surface area (Å²) < 4.78 is 5.74. The van der Waals surface area contributed by atoms with E-state index < -0.39 is 0 Å². The summed E-state index contributed by atoms with van der Waals surface area (Å²) in [5, 5.41) is 0. The van der Waals surface area contributed by atoms with Crippen molar-refractivity contribution in [2.24, 2.45) is 34.5 Å². The molecular weight excluding hydrogens is 380 g/mol. The maximum Gasteiger partial charge on any atom is 0.302 e. The zero-order chi connectivity index (χ0) is 18.0. The van der Waals surface area contributed by atoms with Crippen LogP contribution in [0, 0.1) is 34.5 Å². The predicted octanol–water partition coefficient (Wildman–Crippen LogP) is 4.90. The van der Waals surface area contributed by atoms with Crippen LogP contribution in [0.2, 0.25) is 0 Å². The van der Waals surface area contributed by atoms with E-state index in [-0.39, 0.29) is 22.3 Å². The van der Waals surface area contributed by atoms with Gasteiger partial charge in [-0.3, -0.25) is 9.59 Å². The highest BCUT2D eigenvalue weighted by Gasteiger charge is 2.61. The first kappa shape index (κ1) is 18.0. The molecule has 0 spiro atoms. The first-order chi connectivity index (χ1) is 11.8. The van der Waals surface area contributed by atoms with Gasteiger partial charge in [-0.1, -0.05) is 29.8 Å². The molecule has 0 aromatic heterocycles. The molecule has 4 rings (SSSR count). The van der Waals surface area contributed by atoms with Crippen molar-refractivity contribution >= 4 is 27.7 Å². The van der Waals surface area contributed by atoms with Crippen LogP contribution in [0.4, 0.5) is 0 Å². The maximum atomic E-state index is 12.2. The Morgan fingerprint density at radius 3 is 2.52 bits per heavy atom. The number of fused-ring (bicyclic) bond motifs is 5. The average Bonchev–Trinajstić information content (AvgIpc) is 2.85. The van der Waals surface area contributed by atoms with Gasteiger partial charge in [0.25, 0.3) is 0 Å².